The minimum absolute atomic E-state index is 0.0295. The van der Waals surface area contributed by atoms with E-state index in [0.29, 0.717) is 18.0 Å². The zero-order chi connectivity index (χ0) is 15.3. The van der Waals surface area contributed by atoms with Gasteiger partial charge in [-0.3, -0.25) is 4.79 Å². The smallest absolute Gasteiger partial charge is 0.416 e. The van der Waals surface area contributed by atoms with E-state index in [1.165, 1.54) is 18.4 Å². The van der Waals surface area contributed by atoms with Crippen LogP contribution in [-0.4, -0.2) is 12.5 Å². The Kier molecular flexibility index (Phi) is 4.64. The predicted molar refractivity (Wildman–Crippen MR) is 70.5 cm³/mol. The number of alkyl halides is 3. The summed E-state index contributed by atoms with van der Waals surface area (Å²) in [6, 6.07) is 7.78. The molecule has 2 N–H and O–H groups in total. The van der Waals surface area contributed by atoms with Gasteiger partial charge in [0.15, 0.2) is 0 Å². The first-order chi connectivity index (χ1) is 9.95. The monoisotopic (exact) mass is 298 g/mol. The topological polar surface area (TPSA) is 54.3 Å². The molecule has 0 bridgehead atoms. The first-order valence-electron chi connectivity index (χ1n) is 6.15. The molecule has 0 saturated carbocycles. The first kappa shape index (κ1) is 15.1. The molecule has 21 heavy (non-hydrogen) atoms. The Bertz CT molecular complexity index is 577. The van der Waals surface area contributed by atoms with E-state index >= 15 is 0 Å². The van der Waals surface area contributed by atoms with E-state index in [2.05, 4.69) is 10.6 Å². The second-order valence-corrected chi connectivity index (χ2v) is 4.31. The second-order valence-electron chi connectivity index (χ2n) is 4.31. The van der Waals surface area contributed by atoms with Crippen LogP contribution in [0, 0.1) is 0 Å². The summed E-state index contributed by atoms with van der Waals surface area (Å²) < 4.78 is 42.2. The predicted octanol–water partition coefficient (Wildman–Crippen LogP) is 3.03. The van der Waals surface area contributed by atoms with Crippen LogP contribution in [0.15, 0.2) is 47.1 Å². The number of anilines is 1. The van der Waals surface area contributed by atoms with E-state index in [1.54, 1.807) is 12.1 Å². The van der Waals surface area contributed by atoms with Crippen LogP contribution in [0.3, 0.4) is 0 Å². The number of amides is 1. The molecule has 2 aromatic rings. The lowest BCUT2D eigenvalue weighted by Crippen LogP contribution is -2.27. The molecule has 0 aliphatic rings. The summed E-state index contributed by atoms with van der Waals surface area (Å²) >= 11 is 0. The van der Waals surface area contributed by atoms with E-state index in [0.717, 1.165) is 12.1 Å². The van der Waals surface area contributed by atoms with E-state index in [-0.39, 0.29) is 12.5 Å². The molecule has 0 fully saturated rings. The van der Waals surface area contributed by atoms with Crippen LogP contribution in [0.4, 0.5) is 18.9 Å². The van der Waals surface area contributed by atoms with Crippen molar-refractivity contribution in [1.29, 1.82) is 0 Å². The molecule has 0 aliphatic heterocycles. The van der Waals surface area contributed by atoms with Crippen LogP contribution >= 0.6 is 0 Å². The Balaban J connectivity index is 1.79. The van der Waals surface area contributed by atoms with Gasteiger partial charge in [0.05, 0.1) is 24.9 Å². The largest absolute Gasteiger partial charge is 0.468 e. The van der Waals surface area contributed by atoms with Crippen molar-refractivity contribution in [3.05, 3.63) is 54.0 Å². The van der Waals surface area contributed by atoms with Gasteiger partial charge in [-0.2, -0.15) is 13.2 Å². The summed E-state index contributed by atoms with van der Waals surface area (Å²) in [5.41, 5.74) is -0.441. The maximum atomic E-state index is 12.4. The van der Waals surface area contributed by atoms with Gasteiger partial charge < -0.3 is 15.1 Å². The summed E-state index contributed by atoms with van der Waals surface area (Å²) in [4.78, 5) is 11.6. The van der Waals surface area contributed by atoms with Gasteiger partial charge >= 0.3 is 6.18 Å². The summed E-state index contributed by atoms with van der Waals surface area (Å²) in [5, 5.41) is 5.36. The van der Waals surface area contributed by atoms with Crippen molar-refractivity contribution in [2.75, 3.05) is 11.9 Å². The van der Waals surface area contributed by atoms with Gasteiger partial charge in [0.25, 0.3) is 0 Å². The van der Waals surface area contributed by atoms with Crippen LogP contribution in [0.25, 0.3) is 0 Å². The van der Waals surface area contributed by atoms with E-state index < -0.39 is 11.7 Å². The zero-order valence-electron chi connectivity index (χ0n) is 10.9. The van der Waals surface area contributed by atoms with Crippen molar-refractivity contribution in [3.8, 4) is 0 Å². The Labute approximate surface area is 119 Å². The van der Waals surface area contributed by atoms with Crippen molar-refractivity contribution >= 4 is 11.6 Å². The molecule has 0 unspecified atom stereocenters. The van der Waals surface area contributed by atoms with Crippen molar-refractivity contribution in [2.45, 2.75) is 12.7 Å². The lowest BCUT2D eigenvalue weighted by molar-refractivity contribution is -0.137. The molecule has 0 atom stereocenters. The summed E-state index contributed by atoms with van der Waals surface area (Å²) in [5.74, 6) is 0.346. The Hall–Kier alpha value is -2.28. The summed E-state index contributed by atoms with van der Waals surface area (Å²) in [6.45, 7) is 0.426. The second kappa shape index (κ2) is 6.45. The van der Waals surface area contributed by atoms with E-state index in [9.17, 15) is 18.0 Å². The molecule has 1 aromatic heterocycles. The number of hydrogen-bond donors (Lipinski definition) is 2. The van der Waals surface area contributed by atoms with E-state index in [4.69, 9.17) is 4.42 Å². The highest BCUT2D eigenvalue weighted by atomic mass is 19.4. The number of carbonyl (C=O) groups excluding carboxylic acids is 1. The SMILES string of the molecule is O=C(CNCc1ccco1)Nc1ccc(C(F)(F)F)cc1. The van der Waals surface area contributed by atoms with Gasteiger partial charge in [0.2, 0.25) is 5.91 Å². The average molecular weight is 298 g/mol. The molecular weight excluding hydrogens is 285 g/mol. The molecule has 1 amide bonds. The standard InChI is InChI=1S/C14H13F3N2O2/c15-14(16,17)10-3-5-11(6-4-10)19-13(20)9-18-8-12-2-1-7-21-12/h1-7,18H,8-9H2,(H,19,20). The number of hydrogen-bond acceptors (Lipinski definition) is 3. The maximum absolute atomic E-state index is 12.4. The van der Waals surface area contributed by atoms with Gasteiger partial charge in [0, 0.05) is 5.69 Å². The third-order valence-electron chi connectivity index (χ3n) is 2.66. The number of carbonyl (C=O) groups is 1. The molecule has 112 valence electrons. The van der Waals surface area contributed by atoms with Crippen molar-refractivity contribution in [1.82, 2.24) is 5.32 Å². The third kappa shape index (κ3) is 4.64. The van der Waals surface area contributed by atoms with Crippen molar-refractivity contribution in [2.24, 2.45) is 0 Å². The van der Waals surface area contributed by atoms with E-state index in [1.807, 2.05) is 0 Å². The van der Waals surface area contributed by atoms with Gasteiger partial charge in [-0.15, -0.1) is 0 Å². The molecule has 0 spiro atoms. The summed E-state index contributed by atoms with van der Waals surface area (Å²) in [6.07, 6.45) is -2.85. The highest BCUT2D eigenvalue weighted by molar-refractivity contribution is 5.92. The number of halogens is 3. The molecule has 0 radical (unpaired) electrons. The van der Waals surface area contributed by atoms with Crippen molar-refractivity contribution in [3.63, 3.8) is 0 Å². The van der Waals surface area contributed by atoms with Gasteiger partial charge in [0.1, 0.15) is 5.76 Å². The fourth-order valence-corrected chi connectivity index (χ4v) is 1.66. The lowest BCUT2D eigenvalue weighted by atomic mass is 10.2. The molecule has 7 heteroatoms. The van der Waals surface area contributed by atoms with Crippen LogP contribution in [-0.2, 0) is 17.5 Å². The number of nitrogens with one attached hydrogen (secondary N) is 2. The minimum atomic E-state index is -4.38. The highest BCUT2D eigenvalue weighted by Gasteiger charge is 2.29. The molecule has 1 aromatic carbocycles. The molecule has 1 heterocycles. The van der Waals surface area contributed by atoms with Crippen molar-refractivity contribution < 1.29 is 22.4 Å². The lowest BCUT2D eigenvalue weighted by Gasteiger charge is -2.09. The van der Waals surface area contributed by atoms with Crippen LogP contribution < -0.4 is 10.6 Å². The first-order valence-corrected chi connectivity index (χ1v) is 6.15. The summed E-state index contributed by atoms with van der Waals surface area (Å²) in [7, 11) is 0. The Morgan fingerprint density at radius 2 is 1.86 bits per heavy atom. The maximum Gasteiger partial charge on any atom is 0.416 e. The Morgan fingerprint density at radius 3 is 2.43 bits per heavy atom. The fourth-order valence-electron chi connectivity index (χ4n) is 1.66. The Morgan fingerprint density at radius 1 is 1.14 bits per heavy atom. The number of furan rings is 1. The zero-order valence-corrected chi connectivity index (χ0v) is 10.9. The van der Waals surface area contributed by atoms with Crippen LogP contribution in [0.1, 0.15) is 11.3 Å². The highest BCUT2D eigenvalue weighted by Crippen LogP contribution is 2.29. The molecule has 0 saturated heterocycles. The third-order valence-corrected chi connectivity index (χ3v) is 2.66. The minimum Gasteiger partial charge on any atom is -0.468 e. The quantitative estimate of drug-likeness (QED) is 0.892. The van der Waals surface area contributed by atoms with Gasteiger partial charge in [-0.1, -0.05) is 0 Å². The number of rotatable bonds is 5. The molecule has 4 nitrogen and oxygen atoms in total. The molecule has 2 rings (SSSR count). The normalized spacial score (nSPS) is 11.4. The van der Waals surface area contributed by atoms with Gasteiger partial charge in [-0.05, 0) is 36.4 Å². The van der Waals surface area contributed by atoms with Gasteiger partial charge in [-0.25, -0.2) is 0 Å². The average Bonchev–Trinajstić information content (AvgIpc) is 2.91. The molecule has 0 aliphatic carbocycles. The number of benzene rings is 1. The van der Waals surface area contributed by atoms with Crippen LogP contribution in [0.2, 0.25) is 0 Å². The molecular formula is C14H13F3N2O2. The fraction of sp³-hybridized carbons (Fsp3) is 0.214. The van der Waals surface area contributed by atoms with Crippen LogP contribution in [0.5, 0.6) is 0 Å².